The van der Waals surface area contributed by atoms with Crippen LogP contribution in [0.2, 0.25) is 0 Å². The van der Waals surface area contributed by atoms with Gasteiger partial charge in [-0.15, -0.1) is 0 Å². The fourth-order valence-corrected chi connectivity index (χ4v) is 2.72. The normalized spacial score (nSPS) is 19.6. The van der Waals surface area contributed by atoms with Crippen molar-refractivity contribution in [3.63, 3.8) is 0 Å². The molecule has 1 aliphatic rings. The SMILES string of the molecule is CC(C)OCCCNC(=O)CN1C(=O)NC(C)(c2cc(F)ccc2F)C1=O. The van der Waals surface area contributed by atoms with Crippen molar-refractivity contribution in [1.82, 2.24) is 15.5 Å². The third-order valence-corrected chi connectivity index (χ3v) is 4.14. The molecule has 0 aromatic heterocycles. The maximum absolute atomic E-state index is 14.1. The minimum absolute atomic E-state index is 0.0903. The number of imide groups is 1. The monoisotopic (exact) mass is 383 g/mol. The molecule has 0 aliphatic carbocycles. The summed E-state index contributed by atoms with van der Waals surface area (Å²) < 4.78 is 32.9. The van der Waals surface area contributed by atoms with Crippen molar-refractivity contribution in [3.05, 3.63) is 35.4 Å². The van der Waals surface area contributed by atoms with Crippen LogP contribution in [0.15, 0.2) is 18.2 Å². The number of hydrogen-bond acceptors (Lipinski definition) is 4. The van der Waals surface area contributed by atoms with Crippen LogP contribution in [0.25, 0.3) is 0 Å². The lowest BCUT2D eigenvalue weighted by molar-refractivity contribution is -0.134. The number of ether oxygens (including phenoxy) is 1. The van der Waals surface area contributed by atoms with Gasteiger partial charge in [-0.05, 0) is 45.4 Å². The molecule has 0 spiro atoms. The second kappa shape index (κ2) is 8.43. The summed E-state index contributed by atoms with van der Waals surface area (Å²) in [5.74, 6) is -2.93. The van der Waals surface area contributed by atoms with Gasteiger partial charge in [0.1, 0.15) is 23.7 Å². The lowest BCUT2D eigenvalue weighted by Gasteiger charge is -2.22. The Morgan fingerprint density at radius 3 is 2.70 bits per heavy atom. The molecule has 148 valence electrons. The summed E-state index contributed by atoms with van der Waals surface area (Å²) in [6.45, 7) is 5.35. The first-order chi connectivity index (χ1) is 12.6. The van der Waals surface area contributed by atoms with Crippen LogP contribution in [0.5, 0.6) is 0 Å². The molecule has 0 radical (unpaired) electrons. The van der Waals surface area contributed by atoms with E-state index in [2.05, 4.69) is 10.6 Å². The van der Waals surface area contributed by atoms with Gasteiger partial charge in [0.2, 0.25) is 5.91 Å². The molecule has 1 aliphatic heterocycles. The highest BCUT2D eigenvalue weighted by Gasteiger charge is 2.50. The molecular weight excluding hydrogens is 360 g/mol. The van der Waals surface area contributed by atoms with E-state index in [1.807, 2.05) is 13.8 Å². The Balaban J connectivity index is 1.99. The van der Waals surface area contributed by atoms with E-state index < -0.39 is 41.6 Å². The molecule has 7 nitrogen and oxygen atoms in total. The Morgan fingerprint density at radius 2 is 2.04 bits per heavy atom. The summed E-state index contributed by atoms with van der Waals surface area (Å²) in [6, 6.07) is 1.80. The molecule has 1 unspecified atom stereocenters. The lowest BCUT2D eigenvalue weighted by atomic mass is 9.91. The Kier molecular flexibility index (Phi) is 6.48. The summed E-state index contributed by atoms with van der Waals surface area (Å²) in [7, 11) is 0. The van der Waals surface area contributed by atoms with Crippen LogP contribution in [0, 0.1) is 11.6 Å². The number of nitrogens with zero attached hydrogens (tertiary/aromatic N) is 1. The van der Waals surface area contributed by atoms with Crippen LogP contribution in [0.4, 0.5) is 13.6 Å². The molecule has 27 heavy (non-hydrogen) atoms. The largest absolute Gasteiger partial charge is 0.379 e. The number of carbonyl (C=O) groups excluding carboxylic acids is 3. The molecular formula is C18H23F2N3O4. The number of nitrogens with one attached hydrogen (secondary N) is 2. The highest BCUT2D eigenvalue weighted by atomic mass is 19.1. The minimum atomic E-state index is -1.78. The van der Waals surface area contributed by atoms with Crippen molar-refractivity contribution < 1.29 is 27.9 Å². The number of halogens is 2. The molecule has 1 atom stereocenters. The van der Waals surface area contributed by atoms with Gasteiger partial charge < -0.3 is 15.4 Å². The number of amides is 4. The van der Waals surface area contributed by atoms with E-state index in [9.17, 15) is 23.2 Å². The standard InChI is InChI=1S/C18H23F2N3O4/c1-11(2)27-8-4-7-21-15(24)10-23-16(25)18(3,22-17(23)26)13-9-12(19)5-6-14(13)20/h5-6,9,11H,4,7-8,10H2,1-3H3,(H,21,24)(H,22,26). The second-order valence-electron chi connectivity index (χ2n) is 6.69. The van der Waals surface area contributed by atoms with Gasteiger partial charge in [0.15, 0.2) is 0 Å². The maximum atomic E-state index is 14.1. The summed E-state index contributed by atoms with van der Waals surface area (Å²) >= 11 is 0. The average Bonchev–Trinajstić information content (AvgIpc) is 2.80. The van der Waals surface area contributed by atoms with E-state index in [-0.39, 0.29) is 11.7 Å². The second-order valence-corrected chi connectivity index (χ2v) is 6.69. The van der Waals surface area contributed by atoms with Gasteiger partial charge in [0, 0.05) is 18.7 Å². The third-order valence-electron chi connectivity index (χ3n) is 4.14. The number of carbonyl (C=O) groups is 3. The minimum Gasteiger partial charge on any atom is -0.379 e. The number of hydrogen-bond donors (Lipinski definition) is 2. The molecule has 2 rings (SSSR count). The van der Waals surface area contributed by atoms with E-state index >= 15 is 0 Å². The first-order valence-electron chi connectivity index (χ1n) is 8.63. The molecule has 1 aromatic rings. The third kappa shape index (κ3) is 4.79. The highest BCUT2D eigenvalue weighted by Crippen LogP contribution is 2.31. The molecule has 4 amide bonds. The molecule has 0 saturated carbocycles. The Morgan fingerprint density at radius 1 is 1.33 bits per heavy atom. The van der Waals surface area contributed by atoms with E-state index in [1.54, 1.807) is 0 Å². The quantitative estimate of drug-likeness (QED) is 0.528. The summed E-state index contributed by atoms with van der Waals surface area (Å²) in [5, 5.41) is 4.92. The van der Waals surface area contributed by atoms with Crippen LogP contribution >= 0.6 is 0 Å². The predicted molar refractivity (Wildman–Crippen MR) is 92.7 cm³/mol. The zero-order chi connectivity index (χ0) is 20.2. The summed E-state index contributed by atoms with van der Waals surface area (Å²) in [4.78, 5) is 37.5. The summed E-state index contributed by atoms with van der Waals surface area (Å²) in [6.07, 6.45) is 0.670. The van der Waals surface area contributed by atoms with Gasteiger partial charge in [0.05, 0.1) is 6.10 Å². The fourth-order valence-electron chi connectivity index (χ4n) is 2.72. The van der Waals surface area contributed by atoms with Crippen LogP contribution in [-0.4, -0.2) is 48.5 Å². The van der Waals surface area contributed by atoms with E-state index in [0.29, 0.717) is 24.5 Å². The summed E-state index contributed by atoms with van der Waals surface area (Å²) in [5.41, 5.74) is -2.08. The average molecular weight is 383 g/mol. The Bertz CT molecular complexity index is 741. The Hall–Kier alpha value is -2.55. The van der Waals surface area contributed by atoms with Crippen molar-refractivity contribution in [2.24, 2.45) is 0 Å². The predicted octanol–water partition coefficient (Wildman–Crippen LogP) is 1.66. The molecule has 9 heteroatoms. The van der Waals surface area contributed by atoms with E-state index in [4.69, 9.17) is 4.74 Å². The molecule has 2 N–H and O–H groups in total. The van der Waals surface area contributed by atoms with Crippen molar-refractivity contribution in [2.75, 3.05) is 19.7 Å². The van der Waals surface area contributed by atoms with E-state index in [1.165, 1.54) is 6.92 Å². The molecule has 1 heterocycles. The first-order valence-corrected chi connectivity index (χ1v) is 8.63. The first kappa shape index (κ1) is 20.8. The van der Waals surface area contributed by atoms with Crippen molar-refractivity contribution in [3.8, 4) is 0 Å². The molecule has 1 saturated heterocycles. The molecule has 1 fully saturated rings. The van der Waals surface area contributed by atoms with E-state index in [0.717, 1.165) is 18.2 Å². The highest BCUT2D eigenvalue weighted by molar-refractivity contribution is 6.09. The van der Waals surface area contributed by atoms with Gasteiger partial charge in [-0.1, -0.05) is 0 Å². The van der Waals surface area contributed by atoms with Crippen molar-refractivity contribution in [1.29, 1.82) is 0 Å². The molecule has 0 bridgehead atoms. The fraction of sp³-hybridized carbons (Fsp3) is 0.500. The number of urea groups is 1. The topological polar surface area (TPSA) is 87.7 Å². The van der Waals surface area contributed by atoms with Gasteiger partial charge in [-0.25, -0.2) is 13.6 Å². The van der Waals surface area contributed by atoms with Gasteiger partial charge in [-0.3, -0.25) is 14.5 Å². The van der Waals surface area contributed by atoms with Crippen molar-refractivity contribution in [2.45, 2.75) is 38.8 Å². The zero-order valence-electron chi connectivity index (χ0n) is 15.5. The van der Waals surface area contributed by atoms with Gasteiger partial charge in [0.25, 0.3) is 5.91 Å². The van der Waals surface area contributed by atoms with Crippen molar-refractivity contribution >= 4 is 17.8 Å². The number of rotatable bonds is 8. The number of benzene rings is 1. The van der Waals surface area contributed by atoms with Crippen LogP contribution < -0.4 is 10.6 Å². The van der Waals surface area contributed by atoms with Gasteiger partial charge >= 0.3 is 6.03 Å². The zero-order valence-corrected chi connectivity index (χ0v) is 15.5. The lowest BCUT2D eigenvalue weighted by Crippen LogP contribution is -2.44. The molecule has 1 aromatic carbocycles. The van der Waals surface area contributed by atoms with Crippen LogP contribution in [-0.2, 0) is 19.9 Å². The smallest absolute Gasteiger partial charge is 0.325 e. The maximum Gasteiger partial charge on any atom is 0.325 e. The Labute approximate surface area is 156 Å². The van der Waals surface area contributed by atoms with Gasteiger partial charge in [-0.2, -0.15) is 0 Å². The van der Waals surface area contributed by atoms with Crippen LogP contribution in [0.3, 0.4) is 0 Å². The van der Waals surface area contributed by atoms with Crippen LogP contribution in [0.1, 0.15) is 32.8 Å².